The van der Waals surface area contributed by atoms with E-state index in [0.29, 0.717) is 11.3 Å². The average Bonchev–Trinajstić information content (AvgIpc) is 2.49. The van der Waals surface area contributed by atoms with Gasteiger partial charge in [-0.2, -0.15) is 5.26 Å². The lowest BCUT2D eigenvalue weighted by molar-refractivity contribution is 0.156. The predicted octanol–water partition coefficient (Wildman–Crippen LogP) is 1.89. The molecule has 1 aromatic carbocycles. The average molecular weight is 270 g/mol. The summed E-state index contributed by atoms with van der Waals surface area (Å²) >= 11 is 0. The zero-order valence-corrected chi connectivity index (χ0v) is 11.4. The maximum absolute atomic E-state index is 12.1. The van der Waals surface area contributed by atoms with Crippen molar-refractivity contribution in [3.05, 3.63) is 42.5 Å². The first-order valence-electron chi connectivity index (χ1n) is 6.62. The monoisotopic (exact) mass is 270 g/mol. The van der Waals surface area contributed by atoms with Crippen LogP contribution in [-0.4, -0.2) is 48.6 Å². The maximum Gasteiger partial charge on any atom is 0.321 e. The van der Waals surface area contributed by atoms with Crippen molar-refractivity contribution in [1.82, 2.24) is 9.80 Å². The van der Waals surface area contributed by atoms with Gasteiger partial charge in [-0.1, -0.05) is 6.08 Å². The summed E-state index contributed by atoms with van der Waals surface area (Å²) < 4.78 is 0. The third-order valence-corrected chi connectivity index (χ3v) is 3.31. The van der Waals surface area contributed by atoms with Crippen molar-refractivity contribution >= 4 is 11.7 Å². The first kappa shape index (κ1) is 14.1. The van der Waals surface area contributed by atoms with Crippen LogP contribution in [0.1, 0.15) is 5.56 Å². The van der Waals surface area contributed by atoms with E-state index in [2.05, 4.69) is 22.9 Å². The standard InChI is InChI=1S/C15H18N4O/c1-2-7-18-8-10-19(11-9-18)15(20)17-14-5-3-13(12-16)4-6-14/h2-6H,1,7-11H2,(H,17,20). The molecule has 1 fully saturated rings. The molecule has 1 aliphatic heterocycles. The van der Waals surface area contributed by atoms with Crippen molar-refractivity contribution in [2.45, 2.75) is 0 Å². The van der Waals surface area contributed by atoms with Crippen LogP contribution in [-0.2, 0) is 0 Å². The Kier molecular flexibility index (Phi) is 4.75. The molecule has 0 bridgehead atoms. The van der Waals surface area contributed by atoms with E-state index >= 15 is 0 Å². The molecule has 0 atom stereocenters. The summed E-state index contributed by atoms with van der Waals surface area (Å²) in [4.78, 5) is 16.2. The second-order valence-corrected chi connectivity index (χ2v) is 4.70. The van der Waals surface area contributed by atoms with Gasteiger partial charge in [0.2, 0.25) is 0 Å². The Morgan fingerprint density at radius 3 is 2.50 bits per heavy atom. The van der Waals surface area contributed by atoms with Crippen molar-refractivity contribution < 1.29 is 4.79 Å². The number of nitriles is 1. The van der Waals surface area contributed by atoms with E-state index in [1.165, 1.54) is 0 Å². The topological polar surface area (TPSA) is 59.4 Å². The highest BCUT2D eigenvalue weighted by atomic mass is 16.2. The van der Waals surface area contributed by atoms with Gasteiger partial charge < -0.3 is 10.2 Å². The number of rotatable bonds is 3. The molecule has 1 saturated heterocycles. The number of nitrogens with one attached hydrogen (secondary N) is 1. The van der Waals surface area contributed by atoms with E-state index in [1.54, 1.807) is 29.2 Å². The molecule has 2 amide bonds. The molecular formula is C15H18N4O. The molecule has 5 nitrogen and oxygen atoms in total. The van der Waals surface area contributed by atoms with Crippen LogP contribution in [0.4, 0.5) is 10.5 Å². The Balaban J connectivity index is 1.86. The number of carbonyl (C=O) groups is 1. The molecular weight excluding hydrogens is 252 g/mol. The zero-order chi connectivity index (χ0) is 14.4. The maximum atomic E-state index is 12.1. The largest absolute Gasteiger partial charge is 0.322 e. The van der Waals surface area contributed by atoms with Crippen LogP contribution in [0.2, 0.25) is 0 Å². The van der Waals surface area contributed by atoms with Gasteiger partial charge in [-0.15, -0.1) is 6.58 Å². The van der Waals surface area contributed by atoms with E-state index in [9.17, 15) is 4.79 Å². The summed E-state index contributed by atoms with van der Waals surface area (Å²) in [7, 11) is 0. The van der Waals surface area contributed by atoms with Gasteiger partial charge >= 0.3 is 6.03 Å². The number of nitrogens with zero attached hydrogens (tertiary/aromatic N) is 3. The predicted molar refractivity (Wildman–Crippen MR) is 78.4 cm³/mol. The van der Waals surface area contributed by atoms with Crippen molar-refractivity contribution in [1.29, 1.82) is 5.26 Å². The number of anilines is 1. The Labute approximate surface area is 119 Å². The Hall–Kier alpha value is -2.32. The fourth-order valence-corrected chi connectivity index (χ4v) is 2.15. The molecule has 104 valence electrons. The van der Waals surface area contributed by atoms with Crippen LogP contribution < -0.4 is 5.32 Å². The summed E-state index contributed by atoms with van der Waals surface area (Å²) in [5.74, 6) is 0. The lowest BCUT2D eigenvalue weighted by Gasteiger charge is -2.34. The van der Waals surface area contributed by atoms with Gasteiger partial charge in [0.25, 0.3) is 0 Å². The third-order valence-electron chi connectivity index (χ3n) is 3.31. The Morgan fingerprint density at radius 1 is 1.30 bits per heavy atom. The summed E-state index contributed by atoms with van der Waals surface area (Å²) in [6.45, 7) is 7.76. The summed E-state index contributed by atoms with van der Waals surface area (Å²) in [5, 5.41) is 11.6. The Morgan fingerprint density at radius 2 is 1.95 bits per heavy atom. The first-order valence-corrected chi connectivity index (χ1v) is 6.62. The highest BCUT2D eigenvalue weighted by Crippen LogP contribution is 2.11. The molecule has 1 aliphatic rings. The fourth-order valence-electron chi connectivity index (χ4n) is 2.15. The van der Waals surface area contributed by atoms with Crippen molar-refractivity contribution in [3.8, 4) is 6.07 Å². The minimum Gasteiger partial charge on any atom is -0.322 e. The van der Waals surface area contributed by atoms with Crippen LogP contribution >= 0.6 is 0 Å². The number of carbonyl (C=O) groups excluding carboxylic acids is 1. The van der Waals surface area contributed by atoms with Gasteiger partial charge in [0, 0.05) is 38.4 Å². The molecule has 1 N–H and O–H groups in total. The van der Waals surface area contributed by atoms with Crippen LogP contribution in [0.25, 0.3) is 0 Å². The highest BCUT2D eigenvalue weighted by molar-refractivity contribution is 5.89. The lowest BCUT2D eigenvalue weighted by Crippen LogP contribution is -2.49. The molecule has 0 spiro atoms. The van der Waals surface area contributed by atoms with Crippen LogP contribution in [0.3, 0.4) is 0 Å². The Bertz CT molecular complexity index is 510. The smallest absolute Gasteiger partial charge is 0.321 e. The second-order valence-electron chi connectivity index (χ2n) is 4.70. The summed E-state index contributed by atoms with van der Waals surface area (Å²) in [6.07, 6.45) is 1.88. The van der Waals surface area contributed by atoms with Gasteiger partial charge in [-0.25, -0.2) is 4.79 Å². The molecule has 1 aromatic rings. The quantitative estimate of drug-likeness (QED) is 0.853. The van der Waals surface area contributed by atoms with Crippen molar-refractivity contribution in [3.63, 3.8) is 0 Å². The molecule has 1 heterocycles. The summed E-state index contributed by atoms with van der Waals surface area (Å²) in [6, 6.07) is 8.83. The number of hydrogen-bond acceptors (Lipinski definition) is 3. The normalized spacial score (nSPS) is 15.4. The molecule has 0 aromatic heterocycles. The number of piperazine rings is 1. The summed E-state index contributed by atoms with van der Waals surface area (Å²) in [5.41, 5.74) is 1.29. The van der Waals surface area contributed by atoms with Crippen molar-refractivity contribution in [2.75, 3.05) is 38.0 Å². The SMILES string of the molecule is C=CCN1CCN(C(=O)Nc2ccc(C#N)cc2)CC1. The zero-order valence-electron chi connectivity index (χ0n) is 11.4. The van der Waals surface area contributed by atoms with Crippen LogP contribution in [0.5, 0.6) is 0 Å². The fraction of sp³-hybridized carbons (Fsp3) is 0.333. The van der Waals surface area contributed by atoms with E-state index in [4.69, 9.17) is 5.26 Å². The van der Waals surface area contributed by atoms with E-state index in [1.807, 2.05) is 6.08 Å². The first-order chi connectivity index (χ1) is 9.72. The number of hydrogen-bond donors (Lipinski definition) is 1. The van der Waals surface area contributed by atoms with Gasteiger partial charge in [0.05, 0.1) is 11.6 Å². The van der Waals surface area contributed by atoms with Gasteiger partial charge in [-0.3, -0.25) is 4.90 Å². The number of amides is 2. The minimum absolute atomic E-state index is 0.0899. The third kappa shape index (κ3) is 3.59. The molecule has 20 heavy (non-hydrogen) atoms. The molecule has 5 heteroatoms. The van der Waals surface area contributed by atoms with Gasteiger partial charge in [0.1, 0.15) is 0 Å². The molecule has 0 saturated carbocycles. The van der Waals surface area contributed by atoms with Gasteiger partial charge in [-0.05, 0) is 24.3 Å². The van der Waals surface area contributed by atoms with E-state index < -0.39 is 0 Å². The number of benzene rings is 1. The highest BCUT2D eigenvalue weighted by Gasteiger charge is 2.20. The van der Waals surface area contributed by atoms with Gasteiger partial charge in [0.15, 0.2) is 0 Å². The number of urea groups is 1. The molecule has 0 aliphatic carbocycles. The molecule has 0 unspecified atom stereocenters. The minimum atomic E-state index is -0.0899. The van der Waals surface area contributed by atoms with Crippen LogP contribution in [0, 0.1) is 11.3 Å². The van der Waals surface area contributed by atoms with E-state index in [-0.39, 0.29) is 6.03 Å². The van der Waals surface area contributed by atoms with E-state index in [0.717, 1.165) is 32.7 Å². The second kappa shape index (κ2) is 6.73. The van der Waals surface area contributed by atoms with Crippen molar-refractivity contribution in [2.24, 2.45) is 0 Å². The van der Waals surface area contributed by atoms with Crippen LogP contribution in [0.15, 0.2) is 36.9 Å². The molecule has 2 rings (SSSR count). The lowest BCUT2D eigenvalue weighted by atomic mass is 10.2. The molecule has 0 radical (unpaired) electrons.